The molecule has 2 unspecified atom stereocenters. The number of nitrogens with zero attached hydrogens (tertiary/aromatic N) is 3. The lowest BCUT2D eigenvalue weighted by atomic mass is 9.79. The zero-order valence-corrected chi connectivity index (χ0v) is 14.0. The van der Waals surface area contributed by atoms with Gasteiger partial charge in [0.15, 0.2) is 5.65 Å². The Morgan fingerprint density at radius 3 is 2.83 bits per heavy atom. The molecule has 0 bridgehead atoms. The summed E-state index contributed by atoms with van der Waals surface area (Å²) < 4.78 is 14.0. The number of rotatable bonds is 4. The molecule has 0 fully saturated rings. The Hall–Kier alpha value is -2.74. The molecular weight excluding hydrogens is 303 g/mol. The van der Waals surface area contributed by atoms with E-state index >= 15 is 0 Å². The average Bonchev–Trinajstić information content (AvgIpc) is 3.09. The summed E-state index contributed by atoms with van der Waals surface area (Å²) in [6, 6.07) is 9.87. The number of hydrogen-bond donors (Lipinski definition) is 1. The fourth-order valence-electron chi connectivity index (χ4n) is 2.81. The van der Waals surface area contributed by atoms with Crippen LogP contribution < -0.4 is 0 Å². The van der Waals surface area contributed by atoms with Gasteiger partial charge in [0.25, 0.3) is 0 Å². The molecule has 0 aliphatic carbocycles. The highest BCUT2D eigenvalue weighted by Gasteiger charge is 2.26. The van der Waals surface area contributed by atoms with Crippen molar-refractivity contribution in [1.82, 2.24) is 15.2 Å². The van der Waals surface area contributed by atoms with E-state index in [1.54, 1.807) is 18.5 Å². The van der Waals surface area contributed by atoms with Crippen molar-refractivity contribution in [2.45, 2.75) is 38.8 Å². The van der Waals surface area contributed by atoms with Gasteiger partial charge in [0.2, 0.25) is 0 Å². The predicted octanol–water partition coefficient (Wildman–Crippen LogP) is 4.85. The van der Waals surface area contributed by atoms with Crippen LogP contribution in [0.25, 0.3) is 22.2 Å². The number of aromatic nitrogens is 3. The molecule has 4 nitrogen and oxygen atoms in total. The topological polar surface area (TPSA) is 65.4 Å². The van der Waals surface area contributed by atoms with Crippen molar-refractivity contribution in [3.05, 3.63) is 47.8 Å². The minimum atomic E-state index is -1.11. The fourth-order valence-corrected chi connectivity index (χ4v) is 2.81. The molecule has 0 amide bonds. The van der Waals surface area contributed by atoms with E-state index in [-0.39, 0.29) is 0 Å². The van der Waals surface area contributed by atoms with Crippen LogP contribution in [-0.4, -0.2) is 15.2 Å². The lowest BCUT2D eigenvalue weighted by Crippen LogP contribution is -2.18. The Bertz CT molecular complexity index is 923. The molecule has 24 heavy (non-hydrogen) atoms. The highest BCUT2D eigenvalue weighted by molar-refractivity contribution is 5.92. The molecule has 122 valence electrons. The molecule has 0 saturated carbocycles. The Balaban J connectivity index is 2.27. The molecule has 0 aliphatic heterocycles. The van der Waals surface area contributed by atoms with Gasteiger partial charge in [0.1, 0.15) is 6.17 Å². The van der Waals surface area contributed by atoms with Crippen LogP contribution in [0.5, 0.6) is 0 Å². The van der Waals surface area contributed by atoms with E-state index in [2.05, 4.69) is 21.3 Å². The third kappa shape index (κ3) is 2.65. The van der Waals surface area contributed by atoms with E-state index in [0.29, 0.717) is 17.6 Å². The summed E-state index contributed by atoms with van der Waals surface area (Å²) >= 11 is 0. The third-order valence-corrected chi connectivity index (χ3v) is 4.67. The van der Waals surface area contributed by atoms with Crippen molar-refractivity contribution in [2.75, 3.05) is 0 Å². The summed E-state index contributed by atoms with van der Waals surface area (Å²) in [6.45, 7) is 5.37. The van der Waals surface area contributed by atoms with Crippen LogP contribution in [0.15, 0.2) is 36.7 Å². The highest BCUT2D eigenvalue weighted by Crippen LogP contribution is 2.35. The number of H-pyrrole nitrogens is 1. The van der Waals surface area contributed by atoms with Crippen LogP contribution in [0, 0.1) is 11.3 Å². The first kappa shape index (κ1) is 16.1. The first-order valence-electron chi connectivity index (χ1n) is 7.97. The number of alkyl halides is 1. The quantitative estimate of drug-likeness (QED) is 0.747. The van der Waals surface area contributed by atoms with E-state index < -0.39 is 11.6 Å². The molecule has 2 heterocycles. The van der Waals surface area contributed by atoms with Crippen LogP contribution in [-0.2, 0) is 5.41 Å². The molecule has 0 radical (unpaired) electrons. The normalized spacial score (nSPS) is 15.0. The standard InChI is InChI=1S/C19H19FN4/c1-4-19(3,11-21)15-8-13(12(2)20)7-14(9-15)16-5-6-22-18-17(16)10-23-24-18/h5-10,12H,4H2,1-3H3,(H,22,23,24). The minimum absolute atomic E-state index is 0.575. The van der Waals surface area contributed by atoms with Gasteiger partial charge in [0, 0.05) is 11.6 Å². The number of aromatic amines is 1. The predicted molar refractivity (Wildman–Crippen MR) is 92.1 cm³/mol. The van der Waals surface area contributed by atoms with Crippen molar-refractivity contribution in [1.29, 1.82) is 5.26 Å². The van der Waals surface area contributed by atoms with Crippen LogP contribution in [0.4, 0.5) is 4.39 Å². The summed E-state index contributed by atoms with van der Waals surface area (Å²) in [5, 5.41) is 17.4. The number of nitriles is 1. The van der Waals surface area contributed by atoms with Gasteiger partial charge in [-0.1, -0.05) is 13.0 Å². The van der Waals surface area contributed by atoms with Gasteiger partial charge in [-0.3, -0.25) is 5.10 Å². The third-order valence-electron chi connectivity index (χ3n) is 4.67. The lowest BCUT2D eigenvalue weighted by molar-refractivity contribution is 0.373. The molecule has 2 aromatic heterocycles. The van der Waals surface area contributed by atoms with Crippen LogP contribution in [0.3, 0.4) is 0 Å². The summed E-state index contributed by atoms with van der Waals surface area (Å²) in [4.78, 5) is 4.24. The summed E-state index contributed by atoms with van der Waals surface area (Å²) in [5.41, 5.74) is 3.24. The van der Waals surface area contributed by atoms with Crippen molar-refractivity contribution in [3.8, 4) is 17.2 Å². The largest absolute Gasteiger partial charge is 0.261 e. The van der Waals surface area contributed by atoms with Gasteiger partial charge in [0.05, 0.1) is 17.7 Å². The Kier molecular flexibility index (Phi) is 4.06. The van der Waals surface area contributed by atoms with Crippen molar-refractivity contribution < 1.29 is 4.39 Å². The number of pyridine rings is 1. The van der Waals surface area contributed by atoms with E-state index in [9.17, 15) is 9.65 Å². The second kappa shape index (κ2) is 6.04. The number of benzene rings is 1. The van der Waals surface area contributed by atoms with Crippen molar-refractivity contribution >= 4 is 11.0 Å². The zero-order valence-electron chi connectivity index (χ0n) is 14.0. The van der Waals surface area contributed by atoms with Gasteiger partial charge < -0.3 is 0 Å². The molecule has 0 saturated heterocycles. The molecule has 3 rings (SSSR count). The van der Waals surface area contributed by atoms with Gasteiger partial charge in [-0.25, -0.2) is 9.37 Å². The van der Waals surface area contributed by atoms with Crippen LogP contribution >= 0.6 is 0 Å². The monoisotopic (exact) mass is 322 g/mol. The maximum absolute atomic E-state index is 14.0. The molecule has 5 heteroatoms. The Morgan fingerprint density at radius 1 is 1.38 bits per heavy atom. The zero-order chi connectivity index (χ0) is 17.3. The Labute approximate surface area is 140 Å². The highest BCUT2D eigenvalue weighted by atomic mass is 19.1. The maximum atomic E-state index is 14.0. The molecule has 2 atom stereocenters. The summed E-state index contributed by atoms with van der Waals surface area (Å²) in [6.07, 6.45) is 2.96. The Morgan fingerprint density at radius 2 is 2.17 bits per heavy atom. The second-order valence-electron chi connectivity index (χ2n) is 6.25. The van der Waals surface area contributed by atoms with Crippen LogP contribution in [0.2, 0.25) is 0 Å². The van der Waals surface area contributed by atoms with E-state index in [1.807, 2.05) is 32.0 Å². The molecule has 3 aromatic rings. The number of halogens is 1. The minimum Gasteiger partial charge on any atom is -0.261 e. The van der Waals surface area contributed by atoms with Crippen molar-refractivity contribution in [3.63, 3.8) is 0 Å². The van der Waals surface area contributed by atoms with E-state index in [0.717, 1.165) is 22.1 Å². The summed E-state index contributed by atoms with van der Waals surface area (Å²) in [7, 11) is 0. The van der Waals surface area contributed by atoms with Gasteiger partial charge in [-0.2, -0.15) is 10.4 Å². The van der Waals surface area contributed by atoms with Gasteiger partial charge >= 0.3 is 0 Å². The van der Waals surface area contributed by atoms with Crippen molar-refractivity contribution in [2.24, 2.45) is 0 Å². The number of fused-ring (bicyclic) bond motifs is 1. The van der Waals surface area contributed by atoms with Crippen LogP contribution in [0.1, 0.15) is 44.5 Å². The number of nitrogens with one attached hydrogen (secondary N) is 1. The molecule has 0 spiro atoms. The SMILES string of the molecule is CCC(C)(C#N)c1cc(-c2ccnc3[nH]ncc23)cc(C(C)F)c1. The molecule has 1 N–H and O–H groups in total. The first-order valence-corrected chi connectivity index (χ1v) is 7.97. The van der Waals surface area contributed by atoms with E-state index in [1.165, 1.54) is 6.92 Å². The maximum Gasteiger partial charge on any atom is 0.155 e. The first-order chi connectivity index (χ1) is 11.5. The molecule has 1 aromatic carbocycles. The smallest absolute Gasteiger partial charge is 0.155 e. The molecule has 0 aliphatic rings. The average molecular weight is 322 g/mol. The van der Waals surface area contributed by atoms with E-state index in [4.69, 9.17) is 0 Å². The fraction of sp³-hybridized carbons (Fsp3) is 0.316. The van der Waals surface area contributed by atoms with Gasteiger partial charge in [-0.05, 0) is 60.7 Å². The molecular formula is C19H19FN4. The number of hydrogen-bond acceptors (Lipinski definition) is 3. The van der Waals surface area contributed by atoms with Gasteiger partial charge in [-0.15, -0.1) is 0 Å². The second-order valence-corrected chi connectivity index (χ2v) is 6.25. The summed E-state index contributed by atoms with van der Waals surface area (Å²) in [5.74, 6) is 0. The lowest BCUT2D eigenvalue weighted by Gasteiger charge is -2.22.